The molecule has 0 amide bonds. The van der Waals surface area contributed by atoms with Crippen LogP contribution in [0.5, 0.6) is 5.75 Å². The Morgan fingerprint density at radius 1 is 1.58 bits per heavy atom. The Kier molecular flexibility index (Phi) is 2.86. The van der Waals surface area contributed by atoms with Crippen LogP contribution in [-0.4, -0.2) is 5.11 Å². The first-order valence-electron chi connectivity index (χ1n) is 4.09. The Hall–Kier alpha value is -1.31. The van der Waals surface area contributed by atoms with E-state index >= 15 is 0 Å². The second-order valence-corrected chi connectivity index (χ2v) is 2.76. The molecule has 0 aliphatic rings. The molecule has 1 aromatic rings. The maximum Gasteiger partial charge on any atom is 0.179 e. The Morgan fingerprint density at radius 2 is 2.33 bits per heavy atom. The lowest BCUT2D eigenvalue weighted by Gasteiger charge is -1.95. The van der Waals surface area contributed by atoms with E-state index in [2.05, 4.69) is 6.92 Å². The van der Waals surface area contributed by atoms with Gasteiger partial charge in [0.1, 0.15) is 12.8 Å². The largest absolute Gasteiger partial charge is 0.507 e. The fraction of sp³-hybridized carbons (Fsp3) is 0.300. The van der Waals surface area contributed by atoms with Crippen LogP contribution in [-0.2, 0) is 7.05 Å². The fourth-order valence-corrected chi connectivity index (χ4v) is 0.986. The quantitative estimate of drug-likeness (QED) is 0.660. The van der Waals surface area contributed by atoms with Crippen LogP contribution >= 0.6 is 0 Å². The number of allylic oxidation sites excluding steroid dienone is 1. The summed E-state index contributed by atoms with van der Waals surface area (Å²) in [4.78, 5) is 0. The molecule has 0 saturated carbocycles. The van der Waals surface area contributed by atoms with E-state index in [0.29, 0.717) is 5.75 Å². The smallest absolute Gasteiger partial charge is 0.179 e. The van der Waals surface area contributed by atoms with Gasteiger partial charge >= 0.3 is 0 Å². The molecular weight excluding hydrogens is 150 g/mol. The third-order valence-electron chi connectivity index (χ3n) is 1.64. The average molecular weight is 164 g/mol. The van der Waals surface area contributed by atoms with Crippen LogP contribution in [0.1, 0.15) is 18.9 Å². The number of nitrogens with zero attached hydrogens (tertiary/aromatic N) is 1. The third kappa shape index (κ3) is 2.09. The molecule has 0 aliphatic heterocycles. The molecule has 0 unspecified atom stereocenters. The van der Waals surface area contributed by atoms with Crippen molar-refractivity contribution in [3.05, 3.63) is 30.1 Å². The zero-order valence-corrected chi connectivity index (χ0v) is 7.49. The normalized spacial score (nSPS) is 10.8. The maximum atomic E-state index is 9.40. The molecule has 0 saturated heterocycles. The summed E-state index contributed by atoms with van der Waals surface area (Å²) in [6.45, 7) is 2.07. The van der Waals surface area contributed by atoms with Crippen LogP contribution in [0.3, 0.4) is 0 Å². The first-order valence-corrected chi connectivity index (χ1v) is 4.09. The number of hydrogen-bond donors (Lipinski definition) is 1. The topological polar surface area (TPSA) is 24.1 Å². The van der Waals surface area contributed by atoms with Gasteiger partial charge in [0.2, 0.25) is 0 Å². The van der Waals surface area contributed by atoms with Crippen molar-refractivity contribution in [1.82, 2.24) is 0 Å². The molecule has 0 atom stereocenters. The van der Waals surface area contributed by atoms with E-state index in [4.69, 9.17) is 0 Å². The van der Waals surface area contributed by atoms with Gasteiger partial charge in [-0.1, -0.05) is 13.0 Å². The van der Waals surface area contributed by atoms with Crippen molar-refractivity contribution in [2.45, 2.75) is 13.3 Å². The zero-order chi connectivity index (χ0) is 8.97. The van der Waals surface area contributed by atoms with Crippen LogP contribution in [0.2, 0.25) is 0 Å². The monoisotopic (exact) mass is 164 g/mol. The van der Waals surface area contributed by atoms with Crippen molar-refractivity contribution < 1.29 is 9.67 Å². The molecule has 64 valence electrons. The van der Waals surface area contributed by atoms with Gasteiger partial charge in [-0.25, -0.2) is 4.57 Å². The summed E-state index contributed by atoms with van der Waals surface area (Å²) >= 11 is 0. The molecule has 2 nitrogen and oxygen atoms in total. The van der Waals surface area contributed by atoms with Gasteiger partial charge in [-0.2, -0.15) is 0 Å². The fourth-order valence-electron chi connectivity index (χ4n) is 0.986. The Morgan fingerprint density at radius 3 is 3.00 bits per heavy atom. The van der Waals surface area contributed by atoms with Gasteiger partial charge in [-0.05, 0) is 12.5 Å². The predicted molar refractivity (Wildman–Crippen MR) is 48.6 cm³/mol. The first-order chi connectivity index (χ1) is 5.74. The minimum absolute atomic E-state index is 0.331. The average Bonchev–Trinajstić information content (AvgIpc) is 2.07. The lowest BCUT2D eigenvalue weighted by Crippen LogP contribution is -2.26. The highest BCUT2D eigenvalue weighted by Gasteiger charge is 2.00. The van der Waals surface area contributed by atoms with E-state index in [0.717, 1.165) is 12.0 Å². The highest BCUT2D eigenvalue weighted by Crippen LogP contribution is 2.14. The zero-order valence-electron chi connectivity index (χ0n) is 7.49. The summed E-state index contributed by atoms with van der Waals surface area (Å²) in [5.74, 6) is 0.331. The molecule has 1 N–H and O–H groups in total. The highest BCUT2D eigenvalue weighted by atomic mass is 16.3. The van der Waals surface area contributed by atoms with Gasteiger partial charge in [-0.15, -0.1) is 0 Å². The number of rotatable bonds is 2. The van der Waals surface area contributed by atoms with Crippen LogP contribution in [0.25, 0.3) is 6.08 Å². The molecule has 0 spiro atoms. The van der Waals surface area contributed by atoms with Crippen molar-refractivity contribution in [1.29, 1.82) is 0 Å². The lowest BCUT2D eigenvalue weighted by molar-refractivity contribution is -0.671. The maximum absolute atomic E-state index is 9.40. The van der Waals surface area contributed by atoms with E-state index in [1.54, 1.807) is 6.07 Å². The summed E-state index contributed by atoms with van der Waals surface area (Å²) in [7, 11) is 1.93. The molecule has 2 heteroatoms. The van der Waals surface area contributed by atoms with Crippen molar-refractivity contribution in [3.63, 3.8) is 0 Å². The van der Waals surface area contributed by atoms with Gasteiger partial charge in [-0.3, -0.25) is 0 Å². The summed E-state index contributed by atoms with van der Waals surface area (Å²) < 4.78 is 1.91. The Labute approximate surface area is 72.8 Å². The minimum Gasteiger partial charge on any atom is -0.507 e. The lowest BCUT2D eigenvalue weighted by atomic mass is 10.2. The standard InChI is InChI=1S/C10H13NO/c1-3-4-5-9-8-11(2)7-6-10(9)12/h4-8H,3H2,1-2H3/p+1/b5-4-. The van der Waals surface area contributed by atoms with Crippen molar-refractivity contribution in [2.24, 2.45) is 7.05 Å². The van der Waals surface area contributed by atoms with Crippen LogP contribution in [0.15, 0.2) is 24.5 Å². The molecule has 0 aliphatic carbocycles. The molecule has 0 aromatic carbocycles. The summed E-state index contributed by atoms with van der Waals surface area (Å²) in [6, 6.07) is 1.69. The van der Waals surface area contributed by atoms with Gasteiger partial charge in [0.05, 0.1) is 5.56 Å². The second-order valence-electron chi connectivity index (χ2n) is 2.76. The molecule has 0 bridgehead atoms. The van der Waals surface area contributed by atoms with Crippen LogP contribution in [0.4, 0.5) is 0 Å². The molecule has 12 heavy (non-hydrogen) atoms. The van der Waals surface area contributed by atoms with Crippen molar-refractivity contribution in [3.8, 4) is 5.75 Å². The SMILES string of the molecule is CC/C=C\c1c[n+](C)ccc1O. The van der Waals surface area contributed by atoms with E-state index in [9.17, 15) is 5.11 Å². The number of pyridine rings is 1. The Balaban J connectivity index is 2.97. The van der Waals surface area contributed by atoms with Crippen molar-refractivity contribution >= 4 is 6.08 Å². The molecule has 0 radical (unpaired) electrons. The third-order valence-corrected chi connectivity index (χ3v) is 1.64. The summed E-state index contributed by atoms with van der Waals surface area (Å²) in [5.41, 5.74) is 0.863. The van der Waals surface area contributed by atoms with Crippen LogP contribution < -0.4 is 4.57 Å². The van der Waals surface area contributed by atoms with Gasteiger partial charge in [0.15, 0.2) is 12.4 Å². The molecule has 1 rings (SSSR count). The number of aromatic hydroxyl groups is 1. The summed E-state index contributed by atoms with van der Waals surface area (Å²) in [5, 5.41) is 9.40. The first kappa shape index (κ1) is 8.78. The van der Waals surface area contributed by atoms with Crippen LogP contribution in [0, 0.1) is 0 Å². The minimum atomic E-state index is 0.331. The van der Waals surface area contributed by atoms with Gasteiger partial charge < -0.3 is 5.11 Å². The number of aromatic nitrogens is 1. The van der Waals surface area contributed by atoms with Gasteiger partial charge in [0, 0.05) is 6.07 Å². The number of hydrogen-bond acceptors (Lipinski definition) is 1. The second kappa shape index (κ2) is 3.90. The van der Waals surface area contributed by atoms with E-state index in [-0.39, 0.29) is 0 Å². The molecule has 0 fully saturated rings. The predicted octanol–water partition coefficient (Wildman–Crippen LogP) is 1.64. The van der Waals surface area contributed by atoms with Crippen molar-refractivity contribution in [2.75, 3.05) is 0 Å². The van der Waals surface area contributed by atoms with E-state index in [1.807, 2.05) is 36.2 Å². The summed E-state index contributed by atoms with van der Waals surface area (Å²) in [6.07, 6.45) is 8.64. The molecular formula is C10H14NO+. The van der Waals surface area contributed by atoms with E-state index in [1.165, 1.54) is 0 Å². The highest BCUT2D eigenvalue weighted by molar-refractivity contribution is 5.54. The number of aryl methyl sites for hydroxylation is 1. The van der Waals surface area contributed by atoms with E-state index < -0.39 is 0 Å². The Bertz CT molecular complexity index is 292. The van der Waals surface area contributed by atoms with Gasteiger partial charge in [0.25, 0.3) is 0 Å². The molecule has 1 heterocycles. The molecule has 1 aromatic heterocycles.